The molecule has 0 aromatic carbocycles. The van der Waals surface area contributed by atoms with Gasteiger partial charge in [0.15, 0.2) is 0 Å². The van der Waals surface area contributed by atoms with Crippen molar-refractivity contribution in [3.8, 4) is 0 Å². The Morgan fingerprint density at radius 1 is 1.80 bits per heavy atom. The molecule has 0 amide bonds. The Bertz CT molecular complexity index is 174. The van der Waals surface area contributed by atoms with E-state index in [9.17, 15) is 9.36 Å². The Morgan fingerprint density at radius 3 is 2.60 bits per heavy atom. The quantitative estimate of drug-likeness (QED) is 0.496. The predicted octanol–water partition coefficient (Wildman–Crippen LogP) is 0.878. The Hall–Kier alpha value is -0.600. The monoisotopic (exact) mass is 164 g/mol. The molecule has 0 spiro atoms. The number of hydrogen-bond acceptors (Lipinski definition) is 3. The average molecular weight is 164 g/mol. The molecule has 5 heteroatoms. The highest BCUT2D eigenvalue weighted by atomic mass is 31.1. The first-order valence-corrected chi connectivity index (χ1v) is 3.97. The van der Waals surface area contributed by atoms with Crippen LogP contribution >= 0.6 is 8.25 Å². The largest absolute Gasteiger partial charge is 0.390 e. The molecule has 1 N–H and O–H groups in total. The van der Waals surface area contributed by atoms with Gasteiger partial charge in [0, 0.05) is 5.57 Å². The summed E-state index contributed by atoms with van der Waals surface area (Å²) in [5, 5.41) is 0. The molecule has 4 nitrogen and oxygen atoms in total. The zero-order valence-corrected chi connectivity index (χ0v) is 6.59. The highest BCUT2D eigenvalue weighted by Crippen LogP contribution is 2.17. The van der Waals surface area contributed by atoms with Crippen LogP contribution < -0.4 is 0 Å². The standard InChI is InChI=1S/C5H9O4P/c1-3-4(2)5(6)9-10(7)8/h10H,2-3H2,1H3,(H,7,8). The van der Waals surface area contributed by atoms with Crippen LogP contribution in [0, 0.1) is 0 Å². The molecule has 0 saturated heterocycles. The number of carbonyl (C=O) groups excluding carboxylic acids is 1. The van der Waals surface area contributed by atoms with Crippen LogP contribution in [0.3, 0.4) is 0 Å². The fourth-order valence-corrected chi connectivity index (χ4v) is 0.599. The molecule has 10 heavy (non-hydrogen) atoms. The fraction of sp³-hybridized carbons (Fsp3) is 0.400. The van der Waals surface area contributed by atoms with Gasteiger partial charge in [-0.15, -0.1) is 0 Å². The van der Waals surface area contributed by atoms with Gasteiger partial charge >= 0.3 is 14.2 Å². The molecule has 0 aromatic rings. The summed E-state index contributed by atoms with van der Waals surface area (Å²) < 4.78 is 13.9. The van der Waals surface area contributed by atoms with Crippen molar-refractivity contribution in [3.63, 3.8) is 0 Å². The van der Waals surface area contributed by atoms with Crippen molar-refractivity contribution < 1.29 is 18.8 Å². The SMILES string of the molecule is C=C(CC)C(=O)O[PH](=O)O. The van der Waals surface area contributed by atoms with E-state index in [-0.39, 0.29) is 5.57 Å². The van der Waals surface area contributed by atoms with E-state index in [1.165, 1.54) is 0 Å². The molecule has 0 bridgehead atoms. The van der Waals surface area contributed by atoms with E-state index in [2.05, 4.69) is 11.1 Å². The van der Waals surface area contributed by atoms with Crippen LogP contribution in [0.15, 0.2) is 12.2 Å². The first kappa shape index (κ1) is 9.40. The highest BCUT2D eigenvalue weighted by Gasteiger charge is 2.07. The number of carbonyl (C=O) groups is 1. The molecule has 0 fully saturated rings. The molecule has 0 radical (unpaired) electrons. The highest BCUT2D eigenvalue weighted by molar-refractivity contribution is 7.32. The van der Waals surface area contributed by atoms with Gasteiger partial charge in [-0.3, -0.25) is 0 Å². The predicted molar refractivity (Wildman–Crippen MR) is 36.7 cm³/mol. The van der Waals surface area contributed by atoms with E-state index in [1.807, 2.05) is 0 Å². The Kier molecular flexibility index (Phi) is 4.00. The van der Waals surface area contributed by atoms with E-state index in [1.54, 1.807) is 6.92 Å². The summed E-state index contributed by atoms with van der Waals surface area (Å²) in [6, 6.07) is 0. The lowest BCUT2D eigenvalue weighted by molar-refractivity contribution is -0.130. The Balaban J connectivity index is 3.86. The summed E-state index contributed by atoms with van der Waals surface area (Å²) in [7, 11) is -3.15. The van der Waals surface area contributed by atoms with Gasteiger partial charge in [-0.05, 0) is 6.42 Å². The van der Waals surface area contributed by atoms with Gasteiger partial charge in [0.25, 0.3) is 0 Å². The minimum atomic E-state index is -3.15. The van der Waals surface area contributed by atoms with Gasteiger partial charge in [0.2, 0.25) is 0 Å². The molecule has 0 heterocycles. The maximum Gasteiger partial charge on any atom is 0.367 e. The second-order valence-corrected chi connectivity index (χ2v) is 2.35. The van der Waals surface area contributed by atoms with Gasteiger partial charge in [0.05, 0.1) is 0 Å². The van der Waals surface area contributed by atoms with Crippen LogP contribution in [-0.2, 0) is 13.9 Å². The van der Waals surface area contributed by atoms with Crippen molar-refractivity contribution >= 4 is 14.2 Å². The third-order valence-electron chi connectivity index (χ3n) is 0.895. The molecule has 0 rings (SSSR count). The molecule has 0 saturated carbocycles. The van der Waals surface area contributed by atoms with Gasteiger partial charge < -0.3 is 9.42 Å². The Morgan fingerprint density at radius 2 is 2.30 bits per heavy atom. The molecule has 1 unspecified atom stereocenters. The third kappa shape index (κ3) is 3.43. The topological polar surface area (TPSA) is 63.6 Å². The second kappa shape index (κ2) is 4.25. The molecular weight excluding hydrogens is 155 g/mol. The third-order valence-corrected chi connectivity index (χ3v) is 1.26. The van der Waals surface area contributed by atoms with E-state index in [0.717, 1.165) is 0 Å². The summed E-state index contributed by atoms with van der Waals surface area (Å²) >= 11 is 0. The zero-order valence-electron chi connectivity index (χ0n) is 5.59. The van der Waals surface area contributed by atoms with Gasteiger partial charge in [-0.25, -0.2) is 9.36 Å². The van der Waals surface area contributed by atoms with E-state index in [0.29, 0.717) is 6.42 Å². The molecular formula is C5H9O4P. The van der Waals surface area contributed by atoms with Crippen molar-refractivity contribution in [1.29, 1.82) is 0 Å². The van der Waals surface area contributed by atoms with Crippen LogP contribution in [0.5, 0.6) is 0 Å². The van der Waals surface area contributed by atoms with Crippen LogP contribution in [-0.4, -0.2) is 10.9 Å². The van der Waals surface area contributed by atoms with Crippen LogP contribution in [0.1, 0.15) is 13.3 Å². The minimum Gasteiger partial charge on any atom is -0.390 e. The molecule has 0 aliphatic rings. The number of rotatable bonds is 3. The summed E-state index contributed by atoms with van der Waals surface area (Å²) in [6.45, 7) is 5.02. The van der Waals surface area contributed by atoms with Gasteiger partial charge in [-0.2, -0.15) is 0 Å². The first-order chi connectivity index (χ1) is 4.57. The lowest BCUT2D eigenvalue weighted by Gasteiger charge is -1.98. The maximum absolute atomic E-state index is 10.5. The van der Waals surface area contributed by atoms with Crippen molar-refractivity contribution in [1.82, 2.24) is 0 Å². The second-order valence-electron chi connectivity index (χ2n) is 1.61. The lowest BCUT2D eigenvalue weighted by Crippen LogP contribution is -2.00. The molecule has 1 atom stereocenters. The van der Waals surface area contributed by atoms with Gasteiger partial charge in [-0.1, -0.05) is 13.5 Å². The number of hydrogen-bond donors (Lipinski definition) is 1. The summed E-state index contributed by atoms with van der Waals surface area (Å²) in [5.74, 6) is -0.797. The first-order valence-electron chi connectivity index (χ1n) is 2.70. The maximum atomic E-state index is 10.5. The smallest absolute Gasteiger partial charge is 0.367 e. The molecule has 0 aromatic heterocycles. The van der Waals surface area contributed by atoms with Crippen molar-refractivity contribution in [2.45, 2.75) is 13.3 Å². The average Bonchev–Trinajstić information content (AvgIpc) is 1.85. The molecule has 0 aliphatic heterocycles. The normalized spacial score (nSPS) is 12.2. The van der Waals surface area contributed by atoms with Crippen LogP contribution in [0.25, 0.3) is 0 Å². The Labute approximate surface area is 59.5 Å². The lowest BCUT2D eigenvalue weighted by atomic mass is 10.2. The van der Waals surface area contributed by atoms with Crippen molar-refractivity contribution in [2.24, 2.45) is 0 Å². The fourth-order valence-electron chi connectivity index (χ4n) is 0.296. The van der Waals surface area contributed by atoms with Crippen molar-refractivity contribution in [3.05, 3.63) is 12.2 Å². The summed E-state index contributed by atoms with van der Waals surface area (Å²) in [4.78, 5) is 18.7. The minimum absolute atomic E-state index is 0.201. The van der Waals surface area contributed by atoms with E-state index < -0.39 is 14.2 Å². The van der Waals surface area contributed by atoms with Crippen LogP contribution in [0.4, 0.5) is 0 Å². The van der Waals surface area contributed by atoms with Gasteiger partial charge in [0.1, 0.15) is 0 Å². The van der Waals surface area contributed by atoms with Crippen molar-refractivity contribution in [2.75, 3.05) is 0 Å². The molecule has 0 aliphatic carbocycles. The summed E-state index contributed by atoms with van der Waals surface area (Å²) in [6.07, 6.45) is 0.425. The van der Waals surface area contributed by atoms with E-state index >= 15 is 0 Å². The molecule has 58 valence electrons. The van der Waals surface area contributed by atoms with E-state index in [4.69, 9.17) is 4.89 Å². The zero-order chi connectivity index (χ0) is 8.15. The van der Waals surface area contributed by atoms with Crippen LogP contribution in [0.2, 0.25) is 0 Å². The summed E-state index contributed by atoms with van der Waals surface area (Å²) in [5.41, 5.74) is 0.201.